The predicted molar refractivity (Wildman–Crippen MR) is 108 cm³/mol. The lowest BCUT2D eigenvalue weighted by Gasteiger charge is -2.23. The Morgan fingerprint density at radius 1 is 1.17 bits per heavy atom. The van der Waals surface area contributed by atoms with Crippen LogP contribution in [0.5, 0.6) is 0 Å². The van der Waals surface area contributed by atoms with E-state index in [-0.39, 0.29) is 17.4 Å². The third-order valence-corrected chi connectivity index (χ3v) is 5.37. The summed E-state index contributed by atoms with van der Waals surface area (Å²) in [5.74, 6) is 1.52. The minimum Gasteiger partial charge on any atom is -0.356 e. The highest BCUT2D eigenvalue weighted by Gasteiger charge is 2.32. The maximum absolute atomic E-state index is 13.5. The van der Waals surface area contributed by atoms with Gasteiger partial charge in [0.25, 0.3) is 0 Å². The maximum Gasteiger partial charge on any atom is 0.248 e. The number of aromatic amines is 1. The van der Waals surface area contributed by atoms with Crippen LogP contribution in [-0.4, -0.2) is 31.4 Å². The van der Waals surface area contributed by atoms with Gasteiger partial charge in [0.15, 0.2) is 11.6 Å². The molecule has 30 heavy (non-hydrogen) atoms. The lowest BCUT2D eigenvalue weighted by Crippen LogP contribution is -2.25. The molecule has 1 atom stereocenters. The highest BCUT2D eigenvalue weighted by Crippen LogP contribution is 2.37. The molecule has 0 unspecified atom stereocenters. The topological polar surface area (TPSA) is 92.8 Å². The smallest absolute Gasteiger partial charge is 0.248 e. The number of hydrogen-bond acceptors (Lipinski definition) is 6. The summed E-state index contributed by atoms with van der Waals surface area (Å²) in [6, 6.07) is 11.4. The minimum absolute atomic E-state index is 0.0222. The van der Waals surface area contributed by atoms with Crippen LogP contribution in [0, 0.1) is 5.82 Å². The number of halogens is 1. The van der Waals surface area contributed by atoms with Gasteiger partial charge in [-0.1, -0.05) is 17.3 Å². The quantitative estimate of drug-likeness (QED) is 0.559. The fourth-order valence-corrected chi connectivity index (χ4v) is 3.94. The number of benzene rings is 1. The van der Waals surface area contributed by atoms with Gasteiger partial charge >= 0.3 is 0 Å². The van der Waals surface area contributed by atoms with Gasteiger partial charge in [-0.05, 0) is 31.0 Å². The fraction of sp³-hybridized carbons (Fsp3) is 0.238. The molecule has 1 fully saturated rings. The van der Waals surface area contributed by atoms with E-state index < -0.39 is 0 Å². The highest BCUT2D eigenvalue weighted by molar-refractivity contribution is 5.59. The van der Waals surface area contributed by atoms with Gasteiger partial charge in [0.2, 0.25) is 11.5 Å². The third-order valence-electron chi connectivity index (χ3n) is 5.37. The molecule has 5 rings (SSSR count). The van der Waals surface area contributed by atoms with Crippen molar-refractivity contribution in [2.24, 2.45) is 7.05 Å². The summed E-state index contributed by atoms with van der Waals surface area (Å²) in [4.78, 5) is 16.4. The van der Waals surface area contributed by atoms with E-state index in [0.29, 0.717) is 28.7 Å². The zero-order chi connectivity index (χ0) is 20.7. The van der Waals surface area contributed by atoms with Crippen LogP contribution in [0.2, 0.25) is 0 Å². The van der Waals surface area contributed by atoms with E-state index in [2.05, 4.69) is 25.2 Å². The summed E-state index contributed by atoms with van der Waals surface area (Å²) in [5, 5.41) is 12.9. The van der Waals surface area contributed by atoms with Crippen LogP contribution in [0.15, 0.2) is 58.0 Å². The molecule has 4 heterocycles. The average Bonchev–Trinajstić information content (AvgIpc) is 3.47. The Morgan fingerprint density at radius 3 is 2.90 bits per heavy atom. The molecular weight excluding hydrogens is 387 g/mol. The average molecular weight is 406 g/mol. The molecule has 0 radical (unpaired) electrons. The first kappa shape index (κ1) is 18.3. The van der Waals surface area contributed by atoms with Gasteiger partial charge in [0.05, 0.1) is 6.04 Å². The van der Waals surface area contributed by atoms with E-state index in [1.807, 2.05) is 17.7 Å². The summed E-state index contributed by atoms with van der Waals surface area (Å²) in [7, 11) is 1.88. The Hall–Kier alpha value is -3.75. The summed E-state index contributed by atoms with van der Waals surface area (Å²) >= 11 is 0. The first-order valence-electron chi connectivity index (χ1n) is 9.68. The number of pyridine rings is 1. The Labute approximate surface area is 171 Å². The van der Waals surface area contributed by atoms with Crippen molar-refractivity contribution >= 4 is 5.95 Å². The first-order chi connectivity index (χ1) is 14.6. The van der Waals surface area contributed by atoms with E-state index in [9.17, 15) is 9.18 Å². The largest absolute Gasteiger partial charge is 0.356 e. The molecule has 1 saturated heterocycles. The van der Waals surface area contributed by atoms with Gasteiger partial charge in [-0.3, -0.25) is 9.36 Å². The number of nitrogens with zero attached hydrogens (tertiary/aromatic N) is 5. The Balaban J connectivity index is 1.46. The van der Waals surface area contributed by atoms with Gasteiger partial charge in [-0.2, -0.15) is 0 Å². The van der Waals surface area contributed by atoms with E-state index in [0.717, 1.165) is 25.1 Å². The maximum atomic E-state index is 13.5. The Morgan fingerprint density at radius 2 is 2.07 bits per heavy atom. The SMILES string of the molecule is Cn1c(-c2cc[nH]c(=O)c2)nnc1N1CCC[C@@H]1c1cc(-c2cccc(F)c2)on1. The molecule has 0 saturated carbocycles. The second-order valence-corrected chi connectivity index (χ2v) is 7.30. The summed E-state index contributed by atoms with van der Waals surface area (Å²) in [6.45, 7) is 0.800. The Kier molecular flexibility index (Phi) is 4.42. The van der Waals surface area contributed by atoms with Crippen LogP contribution < -0.4 is 10.5 Å². The molecule has 0 bridgehead atoms. The number of rotatable bonds is 4. The number of nitrogens with one attached hydrogen (secondary N) is 1. The van der Waals surface area contributed by atoms with Crippen LogP contribution >= 0.6 is 0 Å². The monoisotopic (exact) mass is 406 g/mol. The summed E-state index contributed by atoms with van der Waals surface area (Å²) in [6.07, 6.45) is 3.45. The van der Waals surface area contributed by atoms with Crippen molar-refractivity contribution in [2.75, 3.05) is 11.4 Å². The number of aromatic nitrogens is 5. The normalized spacial score (nSPS) is 16.3. The molecule has 4 aromatic rings. The molecule has 8 nitrogen and oxygen atoms in total. The standard InChI is InChI=1S/C21H19FN6O2/c1-27-20(14-7-8-23-19(29)11-14)24-25-21(27)28-9-3-6-17(28)16-12-18(30-26-16)13-4-2-5-15(22)10-13/h2,4-5,7-8,10-12,17H,3,6,9H2,1H3,(H,23,29)/t17-/m1/s1. The molecule has 3 aromatic heterocycles. The second kappa shape index (κ2) is 7.25. The zero-order valence-corrected chi connectivity index (χ0v) is 16.2. The van der Waals surface area contributed by atoms with Crippen LogP contribution in [0.25, 0.3) is 22.7 Å². The van der Waals surface area contributed by atoms with Gasteiger partial charge < -0.3 is 14.4 Å². The number of hydrogen-bond donors (Lipinski definition) is 1. The molecule has 0 aliphatic carbocycles. The molecule has 1 aliphatic rings. The van der Waals surface area contributed by atoms with Crippen molar-refractivity contribution in [3.8, 4) is 22.7 Å². The van der Waals surface area contributed by atoms with Gasteiger partial charge in [-0.15, -0.1) is 10.2 Å². The van der Waals surface area contributed by atoms with Crippen molar-refractivity contribution < 1.29 is 8.91 Å². The van der Waals surface area contributed by atoms with Crippen molar-refractivity contribution in [3.05, 3.63) is 70.5 Å². The van der Waals surface area contributed by atoms with E-state index in [1.54, 1.807) is 24.4 Å². The second-order valence-electron chi connectivity index (χ2n) is 7.30. The van der Waals surface area contributed by atoms with Crippen LogP contribution in [0.3, 0.4) is 0 Å². The lowest BCUT2D eigenvalue weighted by molar-refractivity contribution is 0.415. The molecule has 0 amide bonds. The molecule has 152 valence electrons. The van der Waals surface area contributed by atoms with Crippen LogP contribution in [0.4, 0.5) is 10.3 Å². The molecule has 1 aromatic carbocycles. The summed E-state index contributed by atoms with van der Waals surface area (Å²) < 4.78 is 20.9. The minimum atomic E-state index is -0.320. The molecule has 1 N–H and O–H groups in total. The molecular formula is C21H19FN6O2. The van der Waals surface area contributed by atoms with Crippen molar-refractivity contribution in [3.63, 3.8) is 0 Å². The van der Waals surface area contributed by atoms with E-state index in [1.165, 1.54) is 18.2 Å². The molecule has 9 heteroatoms. The van der Waals surface area contributed by atoms with Gasteiger partial charge in [-0.25, -0.2) is 4.39 Å². The van der Waals surface area contributed by atoms with Crippen LogP contribution in [-0.2, 0) is 7.05 Å². The lowest BCUT2D eigenvalue weighted by atomic mass is 10.1. The van der Waals surface area contributed by atoms with E-state index >= 15 is 0 Å². The zero-order valence-electron chi connectivity index (χ0n) is 16.2. The first-order valence-corrected chi connectivity index (χ1v) is 9.68. The van der Waals surface area contributed by atoms with E-state index in [4.69, 9.17) is 4.52 Å². The Bertz CT molecular complexity index is 1260. The third kappa shape index (κ3) is 3.18. The highest BCUT2D eigenvalue weighted by atomic mass is 19.1. The molecule has 1 aliphatic heterocycles. The number of anilines is 1. The molecule has 0 spiro atoms. The van der Waals surface area contributed by atoms with Crippen molar-refractivity contribution in [1.29, 1.82) is 0 Å². The fourth-order valence-electron chi connectivity index (χ4n) is 3.94. The van der Waals surface area contributed by atoms with Gasteiger partial charge in [0, 0.05) is 43.0 Å². The van der Waals surface area contributed by atoms with Crippen molar-refractivity contribution in [1.82, 2.24) is 24.9 Å². The summed E-state index contributed by atoms with van der Waals surface area (Å²) in [5.41, 5.74) is 1.93. The van der Waals surface area contributed by atoms with Crippen LogP contribution in [0.1, 0.15) is 24.6 Å². The van der Waals surface area contributed by atoms with Gasteiger partial charge in [0.1, 0.15) is 11.5 Å². The van der Waals surface area contributed by atoms with Crippen molar-refractivity contribution in [2.45, 2.75) is 18.9 Å². The predicted octanol–water partition coefficient (Wildman–Crippen LogP) is 3.31. The number of H-pyrrole nitrogens is 1.